The lowest BCUT2D eigenvalue weighted by Crippen LogP contribution is -2.13. The van der Waals surface area contributed by atoms with Gasteiger partial charge in [0.1, 0.15) is 5.82 Å². The van der Waals surface area contributed by atoms with E-state index >= 15 is 0 Å². The SMILES string of the molecule is O=C(Nc1ccc(I)cn1)c1ccncc1Cl. The van der Waals surface area contributed by atoms with Gasteiger partial charge in [0.25, 0.3) is 5.91 Å². The van der Waals surface area contributed by atoms with Crippen LogP contribution in [0, 0.1) is 3.57 Å². The first-order chi connectivity index (χ1) is 8.16. The maximum atomic E-state index is 11.9. The number of hydrogen-bond donors (Lipinski definition) is 1. The van der Waals surface area contributed by atoms with Crippen LogP contribution >= 0.6 is 34.2 Å². The molecule has 0 aliphatic heterocycles. The van der Waals surface area contributed by atoms with E-state index in [4.69, 9.17) is 11.6 Å². The van der Waals surface area contributed by atoms with Gasteiger partial charge in [-0.05, 0) is 40.8 Å². The minimum absolute atomic E-state index is 0.300. The van der Waals surface area contributed by atoms with E-state index in [1.54, 1.807) is 18.3 Å². The van der Waals surface area contributed by atoms with Gasteiger partial charge in [0.15, 0.2) is 0 Å². The van der Waals surface area contributed by atoms with Crippen molar-refractivity contribution in [1.29, 1.82) is 0 Å². The molecule has 0 saturated carbocycles. The molecule has 1 amide bonds. The quantitative estimate of drug-likeness (QED) is 0.839. The van der Waals surface area contributed by atoms with Crippen LogP contribution in [0.5, 0.6) is 0 Å². The lowest BCUT2D eigenvalue weighted by molar-refractivity contribution is 0.102. The molecule has 0 spiro atoms. The highest BCUT2D eigenvalue weighted by Crippen LogP contribution is 2.15. The first-order valence-corrected chi connectivity index (χ1v) is 6.15. The predicted octanol–water partition coefficient (Wildman–Crippen LogP) is 2.99. The van der Waals surface area contributed by atoms with E-state index in [0.717, 1.165) is 3.57 Å². The van der Waals surface area contributed by atoms with Crippen LogP contribution < -0.4 is 5.32 Å². The fourth-order valence-corrected chi connectivity index (χ4v) is 1.72. The van der Waals surface area contributed by atoms with Crippen molar-refractivity contribution in [3.63, 3.8) is 0 Å². The summed E-state index contributed by atoms with van der Waals surface area (Å²) >= 11 is 8.01. The third-order valence-corrected chi connectivity index (χ3v) is 2.93. The van der Waals surface area contributed by atoms with Gasteiger partial charge in [0.05, 0.1) is 10.6 Å². The van der Waals surface area contributed by atoms with E-state index < -0.39 is 0 Å². The number of carbonyl (C=O) groups excluding carboxylic acids is 1. The number of hydrogen-bond acceptors (Lipinski definition) is 3. The Morgan fingerprint density at radius 2 is 2.12 bits per heavy atom. The molecule has 0 aliphatic carbocycles. The molecule has 0 saturated heterocycles. The van der Waals surface area contributed by atoms with Crippen molar-refractivity contribution in [2.45, 2.75) is 0 Å². The van der Waals surface area contributed by atoms with Gasteiger partial charge in [-0.2, -0.15) is 0 Å². The molecule has 17 heavy (non-hydrogen) atoms. The minimum Gasteiger partial charge on any atom is -0.307 e. The Morgan fingerprint density at radius 3 is 2.76 bits per heavy atom. The van der Waals surface area contributed by atoms with E-state index in [0.29, 0.717) is 16.4 Å². The Bertz CT molecular complexity index is 545. The van der Waals surface area contributed by atoms with Crippen molar-refractivity contribution < 1.29 is 4.79 Å². The third kappa shape index (κ3) is 3.13. The summed E-state index contributed by atoms with van der Waals surface area (Å²) in [6.45, 7) is 0. The second kappa shape index (κ2) is 5.42. The average molecular weight is 360 g/mol. The summed E-state index contributed by atoms with van der Waals surface area (Å²) < 4.78 is 1.00. The van der Waals surface area contributed by atoms with Gasteiger partial charge in [-0.3, -0.25) is 9.78 Å². The Balaban J connectivity index is 2.17. The molecule has 2 heterocycles. The van der Waals surface area contributed by atoms with Crippen LogP contribution in [-0.2, 0) is 0 Å². The van der Waals surface area contributed by atoms with Gasteiger partial charge < -0.3 is 5.32 Å². The van der Waals surface area contributed by atoms with Crippen LogP contribution in [0.2, 0.25) is 5.02 Å². The number of rotatable bonds is 2. The number of nitrogens with zero attached hydrogens (tertiary/aromatic N) is 2. The van der Waals surface area contributed by atoms with Crippen molar-refractivity contribution in [2.75, 3.05) is 5.32 Å². The molecule has 2 rings (SSSR count). The maximum Gasteiger partial charge on any atom is 0.258 e. The summed E-state index contributed by atoms with van der Waals surface area (Å²) in [5.74, 6) is 0.189. The number of halogens is 2. The molecular weight excluding hydrogens is 352 g/mol. The van der Waals surface area contributed by atoms with Crippen molar-refractivity contribution in [2.24, 2.45) is 0 Å². The highest BCUT2D eigenvalue weighted by Gasteiger charge is 2.10. The van der Waals surface area contributed by atoms with E-state index in [1.165, 1.54) is 12.4 Å². The molecule has 2 aromatic heterocycles. The van der Waals surface area contributed by atoms with Crippen molar-refractivity contribution >= 4 is 45.9 Å². The number of pyridine rings is 2. The monoisotopic (exact) mass is 359 g/mol. The van der Waals surface area contributed by atoms with Gasteiger partial charge in [0.2, 0.25) is 0 Å². The van der Waals surface area contributed by atoms with Crippen molar-refractivity contribution in [3.05, 3.63) is 50.9 Å². The summed E-state index contributed by atoms with van der Waals surface area (Å²) in [5.41, 5.74) is 0.377. The summed E-state index contributed by atoms with van der Waals surface area (Å²) in [5, 5.41) is 2.98. The molecule has 0 fully saturated rings. The van der Waals surface area contributed by atoms with Crippen LogP contribution in [-0.4, -0.2) is 15.9 Å². The molecule has 0 bridgehead atoms. The van der Waals surface area contributed by atoms with Gasteiger partial charge in [-0.25, -0.2) is 4.98 Å². The summed E-state index contributed by atoms with van der Waals surface area (Å²) in [6, 6.07) is 5.15. The Labute approximate surface area is 117 Å². The molecular formula is C11H7ClIN3O. The minimum atomic E-state index is -0.300. The average Bonchev–Trinajstić information content (AvgIpc) is 2.32. The summed E-state index contributed by atoms with van der Waals surface area (Å²) in [4.78, 5) is 19.7. The number of aromatic nitrogens is 2. The van der Waals surface area contributed by atoms with E-state index in [2.05, 4.69) is 37.9 Å². The zero-order chi connectivity index (χ0) is 12.3. The lowest BCUT2D eigenvalue weighted by Gasteiger charge is -2.05. The van der Waals surface area contributed by atoms with E-state index in [1.807, 2.05) is 6.07 Å². The molecule has 86 valence electrons. The molecule has 0 aromatic carbocycles. The summed E-state index contributed by atoms with van der Waals surface area (Å²) in [6.07, 6.45) is 4.62. The number of carbonyl (C=O) groups is 1. The van der Waals surface area contributed by atoms with Crippen LogP contribution in [0.15, 0.2) is 36.8 Å². The van der Waals surface area contributed by atoms with Crippen LogP contribution in [0.4, 0.5) is 5.82 Å². The van der Waals surface area contributed by atoms with Gasteiger partial charge in [-0.1, -0.05) is 11.6 Å². The normalized spacial score (nSPS) is 10.0. The van der Waals surface area contributed by atoms with Crippen molar-refractivity contribution in [1.82, 2.24) is 9.97 Å². The zero-order valence-electron chi connectivity index (χ0n) is 8.52. The molecule has 2 aromatic rings. The maximum absolute atomic E-state index is 11.9. The molecule has 0 unspecified atom stereocenters. The Hall–Kier alpha value is -1.21. The van der Waals surface area contributed by atoms with Gasteiger partial charge in [0, 0.05) is 22.2 Å². The number of amides is 1. The molecule has 4 nitrogen and oxygen atoms in total. The highest BCUT2D eigenvalue weighted by atomic mass is 127. The Kier molecular flexibility index (Phi) is 3.90. The third-order valence-electron chi connectivity index (χ3n) is 1.99. The second-order valence-electron chi connectivity index (χ2n) is 3.17. The molecule has 0 atom stereocenters. The van der Waals surface area contributed by atoms with Gasteiger partial charge in [-0.15, -0.1) is 0 Å². The lowest BCUT2D eigenvalue weighted by atomic mass is 10.2. The van der Waals surface area contributed by atoms with Crippen LogP contribution in [0.3, 0.4) is 0 Å². The van der Waals surface area contributed by atoms with E-state index in [9.17, 15) is 4.79 Å². The topological polar surface area (TPSA) is 54.9 Å². The standard InChI is InChI=1S/C11H7ClIN3O/c12-9-6-14-4-3-8(9)11(17)16-10-2-1-7(13)5-15-10/h1-6H,(H,15,16,17). The summed E-state index contributed by atoms with van der Waals surface area (Å²) in [7, 11) is 0. The number of anilines is 1. The van der Waals surface area contributed by atoms with E-state index in [-0.39, 0.29) is 5.91 Å². The smallest absolute Gasteiger partial charge is 0.258 e. The van der Waals surface area contributed by atoms with Crippen molar-refractivity contribution in [3.8, 4) is 0 Å². The molecule has 6 heteroatoms. The Morgan fingerprint density at radius 1 is 1.29 bits per heavy atom. The first-order valence-electron chi connectivity index (χ1n) is 4.69. The first kappa shape index (κ1) is 12.3. The highest BCUT2D eigenvalue weighted by molar-refractivity contribution is 14.1. The predicted molar refractivity (Wildman–Crippen MR) is 74.2 cm³/mol. The molecule has 1 N–H and O–H groups in total. The van der Waals surface area contributed by atoms with Crippen LogP contribution in [0.1, 0.15) is 10.4 Å². The second-order valence-corrected chi connectivity index (χ2v) is 4.82. The largest absolute Gasteiger partial charge is 0.307 e. The zero-order valence-corrected chi connectivity index (χ0v) is 11.4. The molecule has 0 radical (unpaired) electrons. The van der Waals surface area contributed by atoms with Gasteiger partial charge >= 0.3 is 0 Å². The molecule has 0 aliphatic rings. The van der Waals surface area contributed by atoms with Crippen LogP contribution in [0.25, 0.3) is 0 Å². The number of nitrogens with one attached hydrogen (secondary N) is 1. The fourth-order valence-electron chi connectivity index (χ4n) is 1.19. The fraction of sp³-hybridized carbons (Fsp3) is 0.